The number of carbonyl (C=O) groups excluding carboxylic acids is 1. The highest BCUT2D eigenvalue weighted by Crippen LogP contribution is 2.66. The molecule has 1 aromatic carbocycles. The van der Waals surface area contributed by atoms with Crippen molar-refractivity contribution in [3.05, 3.63) is 52.8 Å². The van der Waals surface area contributed by atoms with Crippen molar-refractivity contribution in [2.75, 3.05) is 11.9 Å². The number of ether oxygens (including phenoxy) is 1. The zero-order valence-corrected chi connectivity index (χ0v) is 19.7. The van der Waals surface area contributed by atoms with Crippen LogP contribution in [0.4, 0.5) is 5.69 Å². The van der Waals surface area contributed by atoms with E-state index in [1.54, 1.807) is 45.0 Å². The number of aromatic nitrogens is 1. The molecule has 10 heteroatoms. The van der Waals surface area contributed by atoms with Gasteiger partial charge in [-0.15, -0.1) is 0 Å². The summed E-state index contributed by atoms with van der Waals surface area (Å²) in [6.07, 6.45) is 1.74. The number of hydrogen-bond donors (Lipinski definition) is 4. The minimum atomic E-state index is -3.19. The predicted octanol–water partition coefficient (Wildman–Crippen LogP) is 3.78. The molecule has 0 unspecified atom stereocenters. The van der Waals surface area contributed by atoms with Crippen LogP contribution in [0, 0.1) is 18.3 Å². The van der Waals surface area contributed by atoms with E-state index in [1.165, 1.54) is 6.20 Å². The highest BCUT2D eigenvalue weighted by atomic mass is 32.3. The van der Waals surface area contributed by atoms with Crippen LogP contribution in [0.3, 0.4) is 0 Å². The van der Waals surface area contributed by atoms with Crippen LogP contribution in [0.5, 0.6) is 5.75 Å². The minimum absolute atomic E-state index is 0.168. The van der Waals surface area contributed by atoms with E-state index in [0.29, 0.717) is 41.2 Å². The molecule has 5 N–H and O–H groups in total. The zero-order chi connectivity index (χ0) is 24.2. The van der Waals surface area contributed by atoms with Crippen molar-refractivity contribution >= 4 is 28.0 Å². The number of nitrogens with one attached hydrogen (secondary N) is 1. The molecule has 3 heterocycles. The summed E-state index contributed by atoms with van der Waals surface area (Å²) in [6.45, 7) is 7.22. The lowest BCUT2D eigenvalue weighted by atomic mass is 9.86. The van der Waals surface area contributed by atoms with Gasteiger partial charge in [-0.3, -0.25) is 18.9 Å². The first-order valence-corrected chi connectivity index (χ1v) is 12.1. The number of aryl methyl sites for hydroxylation is 1. The molecular weight excluding hydrogens is 442 g/mol. The zero-order valence-electron chi connectivity index (χ0n) is 18.9. The Bertz CT molecular complexity index is 1220. The number of anilines is 1. The molecule has 0 radical (unpaired) electrons. The number of carbonyl (C=O) groups is 1. The molecule has 0 saturated carbocycles. The van der Waals surface area contributed by atoms with Gasteiger partial charge in [0.1, 0.15) is 33.6 Å². The summed E-state index contributed by atoms with van der Waals surface area (Å²) in [6, 6.07) is 8.77. The minimum Gasteiger partial charge on any atom is -0.493 e. The van der Waals surface area contributed by atoms with Gasteiger partial charge >= 0.3 is 0 Å². The fourth-order valence-electron chi connectivity index (χ4n) is 4.43. The van der Waals surface area contributed by atoms with E-state index in [9.17, 15) is 13.9 Å². The molecule has 0 aliphatic carbocycles. The molecule has 0 bridgehead atoms. The number of hydrogen-bond acceptors (Lipinski definition) is 8. The summed E-state index contributed by atoms with van der Waals surface area (Å²) in [5, 5.41) is 11.2. The van der Waals surface area contributed by atoms with Crippen molar-refractivity contribution in [1.82, 2.24) is 4.98 Å². The van der Waals surface area contributed by atoms with Crippen LogP contribution in [-0.4, -0.2) is 42.4 Å². The topological polar surface area (TPSA) is 154 Å². The van der Waals surface area contributed by atoms with Crippen molar-refractivity contribution < 1.29 is 18.6 Å². The van der Waals surface area contributed by atoms with E-state index in [-0.39, 0.29) is 11.5 Å². The normalized spacial score (nSPS) is 25.7. The second-order valence-electron chi connectivity index (χ2n) is 9.04. The third kappa shape index (κ3) is 3.53. The lowest BCUT2D eigenvalue weighted by Crippen LogP contribution is -2.56. The quantitative estimate of drug-likeness (QED) is 0.522. The van der Waals surface area contributed by atoms with Gasteiger partial charge in [0.15, 0.2) is 0 Å². The van der Waals surface area contributed by atoms with Gasteiger partial charge < -0.3 is 15.8 Å². The standard InChI is InChI=1S/C23H27N5O4S/c1-13-9-14(11-24)12-26-19(13)20(29)27-15-5-6-17-16(10-15)23(4)18(7-8-32-17)33(30,31)22(2,3)21(25)28-23/h5-6,9-10,12,18,30-31H,7-8H2,1-4H3,(H2,25,28)(H,27,29)/t18-,23-/m1/s1. The monoisotopic (exact) mass is 469 g/mol. The van der Waals surface area contributed by atoms with Gasteiger partial charge in [-0.1, -0.05) is 0 Å². The number of amides is 1. The number of aliphatic imine (C=N–C) groups is 1. The molecule has 2 aromatic rings. The number of amidine groups is 1. The number of nitrogens with two attached hydrogens (primary N) is 1. The van der Waals surface area contributed by atoms with Crippen molar-refractivity contribution in [3.8, 4) is 11.8 Å². The molecule has 33 heavy (non-hydrogen) atoms. The van der Waals surface area contributed by atoms with Gasteiger partial charge in [-0.25, -0.2) is 4.98 Å². The maximum absolute atomic E-state index is 12.9. The second kappa shape index (κ2) is 7.73. The Hall–Kier alpha value is -3.13. The van der Waals surface area contributed by atoms with Crippen molar-refractivity contribution in [2.45, 2.75) is 49.7 Å². The Morgan fingerprint density at radius 2 is 2.06 bits per heavy atom. The van der Waals surface area contributed by atoms with E-state index in [2.05, 4.69) is 10.3 Å². The predicted molar refractivity (Wildman–Crippen MR) is 128 cm³/mol. The van der Waals surface area contributed by atoms with Crippen LogP contribution in [0.25, 0.3) is 0 Å². The van der Waals surface area contributed by atoms with Gasteiger partial charge in [-0.2, -0.15) is 15.9 Å². The van der Waals surface area contributed by atoms with E-state index < -0.39 is 32.0 Å². The number of pyridine rings is 1. The maximum atomic E-state index is 12.9. The number of nitriles is 1. The van der Waals surface area contributed by atoms with E-state index in [4.69, 9.17) is 20.7 Å². The van der Waals surface area contributed by atoms with Gasteiger partial charge in [0.05, 0.1) is 17.4 Å². The lowest BCUT2D eigenvalue weighted by molar-refractivity contribution is 0.102. The smallest absolute Gasteiger partial charge is 0.274 e. The summed E-state index contributed by atoms with van der Waals surface area (Å²) in [4.78, 5) is 21.7. The van der Waals surface area contributed by atoms with E-state index in [1.807, 2.05) is 13.0 Å². The van der Waals surface area contributed by atoms with Crippen LogP contribution in [0.2, 0.25) is 0 Å². The highest BCUT2D eigenvalue weighted by molar-refractivity contribution is 8.26. The molecule has 2 aliphatic heterocycles. The Morgan fingerprint density at radius 1 is 1.33 bits per heavy atom. The molecule has 2 atom stereocenters. The fraction of sp³-hybridized carbons (Fsp3) is 0.391. The second-order valence-corrected chi connectivity index (χ2v) is 11.8. The first-order chi connectivity index (χ1) is 15.4. The van der Waals surface area contributed by atoms with Gasteiger partial charge in [-0.05, 0) is 57.5 Å². The lowest BCUT2D eigenvalue weighted by Gasteiger charge is -2.58. The Labute approximate surface area is 194 Å². The molecule has 1 amide bonds. The number of rotatable bonds is 2. The molecule has 2 aliphatic rings. The average Bonchev–Trinajstić information content (AvgIpc) is 2.89. The highest BCUT2D eigenvalue weighted by Gasteiger charge is 2.57. The van der Waals surface area contributed by atoms with Gasteiger partial charge in [0, 0.05) is 23.9 Å². The number of fused-ring (bicyclic) bond motifs is 3. The first-order valence-electron chi connectivity index (χ1n) is 10.5. The molecule has 0 saturated heterocycles. The van der Waals surface area contributed by atoms with Crippen molar-refractivity contribution in [1.29, 1.82) is 5.26 Å². The molecular formula is C23H27N5O4S. The third-order valence-corrected chi connectivity index (χ3v) is 9.79. The van der Waals surface area contributed by atoms with E-state index >= 15 is 0 Å². The average molecular weight is 470 g/mol. The van der Waals surface area contributed by atoms with Crippen LogP contribution in [0.15, 0.2) is 35.5 Å². The van der Waals surface area contributed by atoms with Crippen LogP contribution in [0.1, 0.15) is 54.4 Å². The molecule has 0 fully saturated rings. The van der Waals surface area contributed by atoms with Crippen LogP contribution < -0.4 is 15.8 Å². The van der Waals surface area contributed by atoms with Crippen molar-refractivity contribution in [3.63, 3.8) is 0 Å². The molecule has 0 spiro atoms. The summed E-state index contributed by atoms with van der Waals surface area (Å²) in [5.41, 5.74) is 7.44. The van der Waals surface area contributed by atoms with Crippen LogP contribution in [-0.2, 0) is 5.54 Å². The molecule has 9 nitrogen and oxygen atoms in total. The maximum Gasteiger partial charge on any atom is 0.274 e. The Morgan fingerprint density at radius 3 is 2.73 bits per heavy atom. The summed E-state index contributed by atoms with van der Waals surface area (Å²) >= 11 is 0. The summed E-state index contributed by atoms with van der Waals surface area (Å²) < 4.78 is 27.3. The van der Waals surface area contributed by atoms with Gasteiger partial charge in [0.25, 0.3) is 5.91 Å². The summed E-state index contributed by atoms with van der Waals surface area (Å²) in [7, 11) is -3.19. The van der Waals surface area contributed by atoms with Crippen molar-refractivity contribution in [2.24, 2.45) is 10.7 Å². The van der Waals surface area contributed by atoms with Crippen LogP contribution >= 0.6 is 10.6 Å². The SMILES string of the molecule is Cc1cc(C#N)cnc1C(=O)Nc1ccc2c(c1)[C@@]1(C)N=C(N)C(C)(C)S(O)(O)[C@@H]1CCO2. The number of benzene rings is 1. The fourth-order valence-corrected chi connectivity index (χ4v) is 6.74. The molecule has 174 valence electrons. The Balaban J connectivity index is 1.75. The molecule has 1 aromatic heterocycles. The first kappa shape index (κ1) is 23.0. The largest absolute Gasteiger partial charge is 0.493 e. The number of nitrogens with zero attached hydrogens (tertiary/aromatic N) is 3. The summed E-state index contributed by atoms with van der Waals surface area (Å²) in [5.74, 6) is 0.295. The van der Waals surface area contributed by atoms with Gasteiger partial charge in [0.2, 0.25) is 0 Å². The van der Waals surface area contributed by atoms with E-state index in [0.717, 1.165) is 0 Å². The third-order valence-electron chi connectivity index (χ3n) is 6.59. The molecule has 4 rings (SSSR count). The Kier molecular flexibility index (Phi) is 5.40.